The largest absolute Gasteiger partial charge is 0.500 e. The smallest absolute Gasteiger partial charge is 0.377 e. The lowest BCUT2D eigenvalue weighted by atomic mass is 10.0. The Balaban J connectivity index is 0.000000180. The number of nitrogens with two attached hydrogens (primary N) is 1. The molecule has 4 rings (SSSR count). The molecule has 3 saturated heterocycles. The van der Waals surface area contributed by atoms with Crippen molar-refractivity contribution in [2.75, 3.05) is 67.1 Å². The average molecular weight is 411 g/mol. The molecule has 0 aromatic rings. The van der Waals surface area contributed by atoms with Gasteiger partial charge in [-0.05, 0) is 13.0 Å². The summed E-state index contributed by atoms with van der Waals surface area (Å²) < 4.78 is 15.5. The van der Waals surface area contributed by atoms with E-state index in [1.54, 1.807) is 21.3 Å². The summed E-state index contributed by atoms with van der Waals surface area (Å²) in [6.07, 6.45) is 2.40. The number of hydrogen-bond donors (Lipinski definition) is 1. The zero-order valence-corrected chi connectivity index (χ0v) is 17.9. The number of nitrogens with zero attached hydrogens (tertiary/aromatic N) is 3. The second-order valence-corrected chi connectivity index (χ2v) is 10.2. The standard InChI is InChI=1S/C12H13N3O2.C6H17NO3Si/c16-9-7-8(13-1-2-13)12(17)11(15-5-6-15)10(9)14-3-4-14;1-8-11(9-2,10-3)6-4-5-7/h7H,1-6H2;4-7H2,1-3H3. The molecule has 4 aliphatic rings. The zero-order chi connectivity index (χ0) is 20.3. The Hall–Kier alpha value is -1.72. The van der Waals surface area contributed by atoms with Gasteiger partial charge in [0, 0.05) is 72.7 Å². The van der Waals surface area contributed by atoms with Crippen molar-refractivity contribution in [2.45, 2.75) is 12.5 Å². The van der Waals surface area contributed by atoms with Crippen LogP contribution >= 0.6 is 0 Å². The maximum absolute atomic E-state index is 12.4. The van der Waals surface area contributed by atoms with Gasteiger partial charge in [-0.1, -0.05) is 0 Å². The van der Waals surface area contributed by atoms with Crippen molar-refractivity contribution in [3.8, 4) is 0 Å². The molecule has 0 unspecified atom stereocenters. The highest BCUT2D eigenvalue weighted by molar-refractivity contribution is 6.60. The van der Waals surface area contributed by atoms with E-state index in [0.717, 1.165) is 51.7 Å². The summed E-state index contributed by atoms with van der Waals surface area (Å²) in [7, 11) is 2.50. The van der Waals surface area contributed by atoms with E-state index >= 15 is 0 Å². The molecule has 156 valence electrons. The molecule has 3 heterocycles. The molecule has 2 N–H and O–H groups in total. The van der Waals surface area contributed by atoms with Crippen molar-refractivity contribution in [3.05, 3.63) is 23.2 Å². The van der Waals surface area contributed by atoms with Gasteiger partial charge >= 0.3 is 8.80 Å². The molecule has 10 heteroatoms. The minimum atomic E-state index is -2.32. The Kier molecular flexibility index (Phi) is 6.56. The highest BCUT2D eigenvalue weighted by Crippen LogP contribution is 2.33. The van der Waals surface area contributed by atoms with Crippen molar-refractivity contribution in [1.82, 2.24) is 14.7 Å². The van der Waals surface area contributed by atoms with Crippen LogP contribution in [0.25, 0.3) is 0 Å². The van der Waals surface area contributed by atoms with E-state index < -0.39 is 8.80 Å². The third-order valence-electron chi connectivity index (χ3n) is 5.11. The summed E-state index contributed by atoms with van der Waals surface area (Å²) in [5.74, 6) is 0.0485. The molecule has 0 bridgehead atoms. The number of Topliss-reactive ketones (excluding diaryl/α,β-unsaturated/α-hetero) is 1. The summed E-state index contributed by atoms with van der Waals surface area (Å²) in [4.78, 5) is 30.5. The van der Waals surface area contributed by atoms with Crippen LogP contribution in [-0.4, -0.2) is 102 Å². The predicted octanol–water partition coefficient (Wildman–Crippen LogP) is -0.606. The molecule has 3 aliphatic heterocycles. The van der Waals surface area contributed by atoms with Gasteiger partial charge in [-0.25, -0.2) is 0 Å². The number of allylic oxidation sites excluding steroid dienone is 1. The lowest BCUT2D eigenvalue weighted by Crippen LogP contribution is -2.42. The Morgan fingerprint density at radius 1 is 0.893 bits per heavy atom. The van der Waals surface area contributed by atoms with Crippen LogP contribution in [-0.2, 0) is 22.9 Å². The lowest BCUT2D eigenvalue weighted by Gasteiger charge is -2.23. The van der Waals surface area contributed by atoms with Gasteiger partial charge in [-0.3, -0.25) is 9.59 Å². The van der Waals surface area contributed by atoms with Gasteiger partial charge in [-0.15, -0.1) is 0 Å². The molecule has 3 fully saturated rings. The molecule has 28 heavy (non-hydrogen) atoms. The number of ketones is 2. The SMILES string of the molecule is CO[Si](CCCN)(OC)OC.O=C1C=C(N2CC2)C(=O)C(N2CC2)=C1N1CC1. The minimum absolute atomic E-state index is 0.00546. The van der Waals surface area contributed by atoms with E-state index in [-0.39, 0.29) is 11.6 Å². The Labute approximate surface area is 167 Å². The maximum Gasteiger partial charge on any atom is 0.500 e. The molecule has 0 saturated carbocycles. The maximum atomic E-state index is 12.4. The van der Waals surface area contributed by atoms with Crippen LogP contribution < -0.4 is 5.73 Å². The first-order chi connectivity index (χ1) is 13.5. The molecule has 0 amide bonds. The van der Waals surface area contributed by atoms with Gasteiger partial charge < -0.3 is 33.7 Å². The number of rotatable bonds is 9. The van der Waals surface area contributed by atoms with E-state index in [1.807, 2.05) is 14.7 Å². The van der Waals surface area contributed by atoms with Crippen LogP contribution in [0.15, 0.2) is 23.2 Å². The molecular weight excluding hydrogens is 380 g/mol. The fourth-order valence-corrected chi connectivity index (χ4v) is 4.90. The van der Waals surface area contributed by atoms with Crippen molar-refractivity contribution in [2.24, 2.45) is 5.73 Å². The summed E-state index contributed by atoms with van der Waals surface area (Å²) >= 11 is 0. The van der Waals surface area contributed by atoms with Gasteiger partial charge in [0.2, 0.25) is 11.6 Å². The van der Waals surface area contributed by atoms with Crippen LogP contribution in [0.1, 0.15) is 6.42 Å². The average Bonchev–Trinajstić information content (AvgIpc) is 3.56. The van der Waals surface area contributed by atoms with E-state index in [0.29, 0.717) is 23.6 Å². The third kappa shape index (κ3) is 4.63. The van der Waals surface area contributed by atoms with E-state index in [9.17, 15) is 9.59 Å². The van der Waals surface area contributed by atoms with Crippen LogP contribution in [0.4, 0.5) is 0 Å². The number of carbonyl (C=O) groups excluding carboxylic acids is 2. The van der Waals surface area contributed by atoms with Crippen LogP contribution in [0, 0.1) is 0 Å². The van der Waals surface area contributed by atoms with E-state index in [2.05, 4.69) is 0 Å². The second-order valence-electron chi connectivity index (χ2n) is 7.07. The molecule has 0 aromatic carbocycles. The topological polar surface area (TPSA) is 96.9 Å². The fraction of sp³-hybridized carbons (Fsp3) is 0.667. The highest BCUT2D eigenvalue weighted by Gasteiger charge is 2.43. The monoisotopic (exact) mass is 410 g/mol. The molecule has 0 radical (unpaired) electrons. The van der Waals surface area contributed by atoms with Crippen molar-refractivity contribution in [1.29, 1.82) is 0 Å². The quantitative estimate of drug-likeness (QED) is 0.303. The van der Waals surface area contributed by atoms with E-state index in [1.165, 1.54) is 6.08 Å². The molecular formula is C18H30N4O5Si. The molecule has 0 spiro atoms. The highest BCUT2D eigenvalue weighted by atomic mass is 28.4. The van der Waals surface area contributed by atoms with Crippen molar-refractivity contribution >= 4 is 20.4 Å². The van der Waals surface area contributed by atoms with Crippen LogP contribution in [0.5, 0.6) is 0 Å². The predicted molar refractivity (Wildman–Crippen MR) is 105 cm³/mol. The number of carbonyl (C=O) groups is 2. The van der Waals surface area contributed by atoms with Gasteiger partial charge in [0.15, 0.2) is 0 Å². The number of hydrogen-bond acceptors (Lipinski definition) is 9. The normalized spacial score (nSPS) is 20.9. The van der Waals surface area contributed by atoms with Gasteiger partial charge in [0.1, 0.15) is 11.4 Å². The van der Waals surface area contributed by atoms with Crippen LogP contribution in [0.3, 0.4) is 0 Å². The third-order valence-corrected chi connectivity index (χ3v) is 7.94. The first-order valence-corrected chi connectivity index (χ1v) is 11.6. The first-order valence-electron chi connectivity index (χ1n) is 9.65. The minimum Gasteiger partial charge on any atom is -0.377 e. The lowest BCUT2D eigenvalue weighted by molar-refractivity contribution is -0.117. The van der Waals surface area contributed by atoms with Gasteiger partial charge in [0.05, 0.1) is 5.70 Å². The van der Waals surface area contributed by atoms with E-state index in [4.69, 9.17) is 19.0 Å². The Morgan fingerprint density at radius 2 is 1.39 bits per heavy atom. The summed E-state index contributed by atoms with van der Waals surface area (Å²) in [5, 5.41) is 0. The summed E-state index contributed by atoms with van der Waals surface area (Å²) in [6, 6.07) is 0.785. The molecule has 0 aromatic heterocycles. The Morgan fingerprint density at radius 3 is 1.82 bits per heavy atom. The zero-order valence-electron chi connectivity index (χ0n) is 16.9. The summed E-state index contributed by atoms with van der Waals surface area (Å²) in [5.41, 5.74) is 7.24. The van der Waals surface area contributed by atoms with Crippen molar-refractivity contribution < 1.29 is 22.9 Å². The second kappa shape index (κ2) is 8.74. The molecule has 1 aliphatic carbocycles. The molecule has 0 atom stereocenters. The van der Waals surface area contributed by atoms with Gasteiger partial charge in [0.25, 0.3) is 0 Å². The summed E-state index contributed by atoms with van der Waals surface area (Å²) in [6.45, 7) is 6.05. The Bertz CT molecular complexity index is 671. The van der Waals surface area contributed by atoms with Crippen LogP contribution in [0.2, 0.25) is 6.04 Å². The van der Waals surface area contributed by atoms with Crippen molar-refractivity contribution in [3.63, 3.8) is 0 Å². The fourth-order valence-electron chi connectivity index (χ4n) is 3.15. The van der Waals surface area contributed by atoms with Gasteiger partial charge in [-0.2, -0.15) is 0 Å². The molecule has 9 nitrogen and oxygen atoms in total. The first kappa shape index (κ1) is 21.0.